The maximum Gasteiger partial charge on any atom is 0.101 e. The second-order valence-electron chi connectivity index (χ2n) is 3.48. The second-order valence-corrected chi connectivity index (χ2v) is 4.39. The number of rotatable bonds is 2. The lowest BCUT2D eigenvalue weighted by atomic mass is 10.1. The fourth-order valence-corrected chi connectivity index (χ4v) is 1.52. The Hall–Kier alpha value is -1.01. The molecule has 0 fully saturated rings. The Labute approximate surface area is 93.3 Å². The van der Waals surface area contributed by atoms with E-state index in [0.29, 0.717) is 11.6 Å². The summed E-state index contributed by atoms with van der Waals surface area (Å²) in [6.45, 7) is 4.20. The van der Waals surface area contributed by atoms with Gasteiger partial charge < -0.3 is 4.90 Å². The first-order valence-electron chi connectivity index (χ1n) is 4.48. The molecule has 2 nitrogen and oxygen atoms in total. The van der Waals surface area contributed by atoms with E-state index in [0.717, 1.165) is 10.2 Å². The molecule has 1 rings (SSSR count). The summed E-state index contributed by atoms with van der Waals surface area (Å²) in [6, 6.07) is 8.27. The lowest BCUT2D eigenvalue weighted by Gasteiger charge is -2.24. The summed E-state index contributed by atoms with van der Waals surface area (Å²) < 4.78 is 0.999. The summed E-state index contributed by atoms with van der Waals surface area (Å²) in [5.74, 6) is 0. The van der Waals surface area contributed by atoms with Crippen molar-refractivity contribution in [3.8, 4) is 6.07 Å². The normalized spacial score (nSPS) is 10.0. The van der Waals surface area contributed by atoms with E-state index < -0.39 is 0 Å². The van der Waals surface area contributed by atoms with Crippen molar-refractivity contribution in [2.24, 2.45) is 0 Å². The van der Waals surface area contributed by atoms with Crippen LogP contribution in [-0.2, 0) is 0 Å². The fourth-order valence-electron chi connectivity index (χ4n) is 1.17. The molecule has 0 aliphatic heterocycles. The van der Waals surface area contributed by atoms with Gasteiger partial charge in [0.2, 0.25) is 0 Å². The van der Waals surface area contributed by atoms with Crippen molar-refractivity contribution in [1.29, 1.82) is 5.26 Å². The maximum absolute atomic E-state index is 8.95. The molecule has 3 heteroatoms. The zero-order chi connectivity index (χ0) is 10.7. The molecule has 0 atom stereocenters. The van der Waals surface area contributed by atoms with Crippen LogP contribution in [0.15, 0.2) is 22.7 Å². The summed E-state index contributed by atoms with van der Waals surface area (Å²) in [6.07, 6.45) is 0. The highest BCUT2D eigenvalue weighted by molar-refractivity contribution is 9.10. The predicted octanol–water partition coefficient (Wildman–Crippen LogP) is 3.17. The molecule has 1 aromatic carbocycles. The number of hydrogen-bond acceptors (Lipinski definition) is 2. The van der Waals surface area contributed by atoms with E-state index in [9.17, 15) is 0 Å². The quantitative estimate of drug-likeness (QED) is 0.809. The van der Waals surface area contributed by atoms with Gasteiger partial charge in [0, 0.05) is 17.6 Å². The van der Waals surface area contributed by atoms with Gasteiger partial charge in [0.1, 0.15) is 6.07 Å². The molecular formula is C11H13BrN2. The lowest BCUT2D eigenvalue weighted by Crippen LogP contribution is -2.26. The van der Waals surface area contributed by atoms with Gasteiger partial charge in [-0.15, -0.1) is 0 Å². The van der Waals surface area contributed by atoms with Crippen LogP contribution in [0.3, 0.4) is 0 Å². The summed E-state index contributed by atoms with van der Waals surface area (Å²) >= 11 is 3.41. The van der Waals surface area contributed by atoms with E-state index >= 15 is 0 Å². The fraction of sp³-hybridized carbons (Fsp3) is 0.364. The van der Waals surface area contributed by atoms with E-state index in [1.807, 2.05) is 25.2 Å². The molecule has 1 aromatic rings. The molecular weight excluding hydrogens is 240 g/mol. The highest BCUT2D eigenvalue weighted by atomic mass is 79.9. The third-order valence-corrected chi connectivity index (χ3v) is 2.73. The number of nitriles is 1. The molecule has 0 amide bonds. The molecule has 74 valence electrons. The lowest BCUT2D eigenvalue weighted by molar-refractivity contribution is 0.753. The Morgan fingerprint density at radius 2 is 2.07 bits per heavy atom. The predicted molar refractivity (Wildman–Crippen MR) is 62.4 cm³/mol. The molecule has 0 aliphatic rings. The molecule has 0 spiro atoms. The first-order valence-corrected chi connectivity index (χ1v) is 5.28. The number of hydrogen-bond donors (Lipinski definition) is 0. The van der Waals surface area contributed by atoms with E-state index in [1.165, 1.54) is 0 Å². The molecule has 0 aliphatic carbocycles. The van der Waals surface area contributed by atoms with Crippen LogP contribution in [0.1, 0.15) is 19.4 Å². The van der Waals surface area contributed by atoms with Crippen molar-refractivity contribution in [3.63, 3.8) is 0 Å². The van der Waals surface area contributed by atoms with Gasteiger partial charge >= 0.3 is 0 Å². The molecule has 0 unspecified atom stereocenters. The van der Waals surface area contributed by atoms with Crippen molar-refractivity contribution >= 4 is 21.6 Å². The standard InChI is InChI=1S/C11H13BrN2/c1-8(2)14(3)11-6-10(12)5-4-9(11)7-13/h4-6,8H,1-3H3. The van der Waals surface area contributed by atoms with Gasteiger partial charge in [-0.05, 0) is 32.0 Å². The molecule has 0 saturated carbocycles. The van der Waals surface area contributed by atoms with Gasteiger partial charge in [-0.3, -0.25) is 0 Å². The summed E-state index contributed by atoms with van der Waals surface area (Å²) in [5.41, 5.74) is 1.68. The van der Waals surface area contributed by atoms with Crippen molar-refractivity contribution in [2.45, 2.75) is 19.9 Å². The summed E-state index contributed by atoms with van der Waals surface area (Å²) in [5, 5.41) is 8.95. The minimum atomic E-state index is 0.386. The van der Waals surface area contributed by atoms with Crippen LogP contribution in [0, 0.1) is 11.3 Å². The average molecular weight is 253 g/mol. The number of nitrogens with zero attached hydrogens (tertiary/aromatic N) is 2. The van der Waals surface area contributed by atoms with Gasteiger partial charge in [-0.25, -0.2) is 0 Å². The summed E-state index contributed by atoms with van der Waals surface area (Å²) in [4.78, 5) is 2.09. The Morgan fingerprint density at radius 1 is 1.43 bits per heavy atom. The van der Waals surface area contributed by atoms with Crippen LogP contribution >= 0.6 is 15.9 Å². The maximum atomic E-state index is 8.95. The Kier molecular flexibility index (Phi) is 3.54. The largest absolute Gasteiger partial charge is 0.371 e. The highest BCUT2D eigenvalue weighted by Crippen LogP contribution is 2.24. The smallest absolute Gasteiger partial charge is 0.101 e. The van der Waals surface area contributed by atoms with Gasteiger partial charge in [0.05, 0.1) is 11.3 Å². The number of benzene rings is 1. The first-order chi connectivity index (χ1) is 6.56. The first kappa shape index (κ1) is 11.1. The molecule has 0 bridgehead atoms. The van der Waals surface area contributed by atoms with Crippen LogP contribution in [0.5, 0.6) is 0 Å². The van der Waals surface area contributed by atoms with Crippen LogP contribution in [0.25, 0.3) is 0 Å². The monoisotopic (exact) mass is 252 g/mol. The van der Waals surface area contributed by atoms with E-state index in [1.54, 1.807) is 0 Å². The van der Waals surface area contributed by atoms with Crippen LogP contribution in [-0.4, -0.2) is 13.1 Å². The van der Waals surface area contributed by atoms with Crippen molar-refractivity contribution < 1.29 is 0 Å². The van der Waals surface area contributed by atoms with Crippen LogP contribution in [0.4, 0.5) is 5.69 Å². The topological polar surface area (TPSA) is 27.0 Å². The zero-order valence-corrected chi connectivity index (χ0v) is 10.2. The summed E-state index contributed by atoms with van der Waals surface area (Å²) in [7, 11) is 1.99. The molecule has 0 radical (unpaired) electrons. The minimum absolute atomic E-state index is 0.386. The Morgan fingerprint density at radius 3 is 2.57 bits per heavy atom. The molecule has 0 N–H and O–H groups in total. The molecule has 0 saturated heterocycles. The number of anilines is 1. The second kappa shape index (κ2) is 4.47. The molecule has 14 heavy (non-hydrogen) atoms. The van der Waals surface area contributed by atoms with Gasteiger partial charge in [0.15, 0.2) is 0 Å². The SMILES string of the molecule is CC(C)N(C)c1cc(Br)ccc1C#N. The Balaban J connectivity index is 3.18. The van der Waals surface area contributed by atoms with Crippen molar-refractivity contribution in [1.82, 2.24) is 0 Å². The van der Waals surface area contributed by atoms with Gasteiger partial charge in [-0.1, -0.05) is 15.9 Å². The van der Waals surface area contributed by atoms with Gasteiger partial charge in [-0.2, -0.15) is 5.26 Å². The third kappa shape index (κ3) is 2.27. The van der Waals surface area contributed by atoms with E-state index in [4.69, 9.17) is 5.26 Å². The van der Waals surface area contributed by atoms with Crippen molar-refractivity contribution in [3.05, 3.63) is 28.2 Å². The van der Waals surface area contributed by atoms with E-state index in [-0.39, 0.29) is 0 Å². The third-order valence-electron chi connectivity index (χ3n) is 2.23. The van der Waals surface area contributed by atoms with Crippen LogP contribution < -0.4 is 4.90 Å². The molecule has 0 heterocycles. The van der Waals surface area contributed by atoms with Crippen molar-refractivity contribution in [2.75, 3.05) is 11.9 Å². The van der Waals surface area contributed by atoms with Crippen LogP contribution in [0.2, 0.25) is 0 Å². The van der Waals surface area contributed by atoms with E-state index in [2.05, 4.69) is 40.7 Å². The zero-order valence-electron chi connectivity index (χ0n) is 8.58. The Bertz CT molecular complexity index is 366. The minimum Gasteiger partial charge on any atom is -0.371 e. The number of halogens is 1. The van der Waals surface area contributed by atoms with Gasteiger partial charge in [0.25, 0.3) is 0 Å². The molecule has 0 aromatic heterocycles. The average Bonchev–Trinajstić information content (AvgIpc) is 2.16. The highest BCUT2D eigenvalue weighted by Gasteiger charge is 2.10.